The van der Waals surface area contributed by atoms with Crippen LogP contribution in [0.3, 0.4) is 0 Å². The summed E-state index contributed by atoms with van der Waals surface area (Å²) in [5.41, 5.74) is 0.802. The Morgan fingerprint density at radius 1 is 1.20 bits per heavy atom. The summed E-state index contributed by atoms with van der Waals surface area (Å²) >= 11 is 6.07. The number of hydrogen-bond donors (Lipinski definition) is 2. The number of carbonyl (C=O) groups is 1. The molecular weight excluding hydrogens is 282 g/mol. The molecule has 0 spiro atoms. The van der Waals surface area contributed by atoms with Gasteiger partial charge in [-0.2, -0.15) is 0 Å². The summed E-state index contributed by atoms with van der Waals surface area (Å²) < 4.78 is 10.4. The van der Waals surface area contributed by atoms with Gasteiger partial charge in [0.15, 0.2) is 0 Å². The first-order valence-electron chi connectivity index (χ1n) is 6.45. The van der Waals surface area contributed by atoms with Gasteiger partial charge in [-0.3, -0.25) is 4.79 Å². The van der Waals surface area contributed by atoms with Crippen molar-refractivity contribution in [2.75, 3.05) is 26.1 Å². The highest BCUT2D eigenvalue weighted by atomic mass is 35.5. The molecule has 0 amide bonds. The van der Waals surface area contributed by atoms with E-state index in [-0.39, 0.29) is 6.42 Å². The van der Waals surface area contributed by atoms with Crippen LogP contribution in [0.5, 0.6) is 11.5 Å². The second-order valence-electron chi connectivity index (χ2n) is 4.32. The average molecular weight is 302 g/mol. The Hall–Kier alpha value is -1.62. The number of carboxylic acids is 1. The Labute approximate surface area is 123 Å². The molecule has 0 saturated carbocycles. The molecule has 1 rings (SSSR count). The van der Waals surface area contributed by atoms with E-state index >= 15 is 0 Å². The third-order valence-electron chi connectivity index (χ3n) is 2.86. The van der Waals surface area contributed by atoms with E-state index in [1.54, 1.807) is 26.4 Å². The van der Waals surface area contributed by atoms with Gasteiger partial charge in [-0.05, 0) is 18.9 Å². The molecule has 0 saturated heterocycles. The highest BCUT2D eigenvalue weighted by Gasteiger charge is 2.09. The standard InChI is InChI=1S/C14H20ClNO4/c1-19-12-9-13(20-2)11(8-10(12)15)16-7-5-3-4-6-14(17)18/h8-9,16H,3-7H2,1-2H3,(H,17,18). The van der Waals surface area contributed by atoms with E-state index in [2.05, 4.69) is 5.32 Å². The molecule has 5 nitrogen and oxygen atoms in total. The van der Waals surface area contributed by atoms with Gasteiger partial charge in [0.2, 0.25) is 0 Å². The van der Waals surface area contributed by atoms with Gasteiger partial charge in [-0.1, -0.05) is 18.0 Å². The Kier molecular flexibility index (Phi) is 7.01. The van der Waals surface area contributed by atoms with Gasteiger partial charge in [0.25, 0.3) is 0 Å². The zero-order valence-electron chi connectivity index (χ0n) is 11.7. The Morgan fingerprint density at radius 2 is 1.90 bits per heavy atom. The minimum absolute atomic E-state index is 0.220. The van der Waals surface area contributed by atoms with E-state index < -0.39 is 5.97 Å². The summed E-state index contributed by atoms with van der Waals surface area (Å²) in [5, 5.41) is 12.3. The molecule has 0 fully saturated rings. The predicted octanol–water partition coefficient (Wildman–Crippen LogP) is 3.41. The van der Waals surface area contributed by atoms with E-state index in [1.165, 1.54) is 0 Å². The van der Waals surface area contributed by atoms with Gasteiger partial charge in [-0.25, -0.2) is 0 Å². The quantitative estimate of drug-likeness (QED) is 0.684. The molecule has 0 bridgehead atoms. The molecule has 0 aliphatic heterocycles. The number of benzene rings is 1. The molecule has 0 radical (unpaired) electrons. The number of carboxylic acid groups (broad SMARTS) is 1. The summed E-state index contributed by atoms with van der Waals surface area (Å²) in [6.45, 7) is 0.735. The minimum Gasteiger partial charge on any atom is -0.495 e. The first kappa shape index (κ1) is 16.4. The van der Waals surface area contributed by atoms with Crippen LogP contribution >= 0.6 is 11.6 Å². The second-order valence-corrected chi connectivity index (χ2v) is 4.73. The molecular formula is C14H20ClNO4. The first-order chi connectivity index (χ1) is 9.58. The van der Waals surface area contributed by atoms with Gasteiger partial charge < -0.3 is 19.9 Å². The predicted molar refractivity (Wildman–Crippen MR) is 79.1 cm³/mol. The van der Waals surface area contributed by atoms with Crippen molar-refractivity contribution >= 4 is 23.3 Å². The second kappa shape index (κ2) is 8.53. The molecule has 1 aromatic rings. The number of hydrogen-bond acceptors (Lipinski definition) is 4. The van der Waals surface area contributed by atoms with E-state index in [4.69, 9.17) is 26.2 Å². The van der Waals surface area contributed by atoms with Gasteiger partial charge >= 0.3 is 5.97 Å². The molecule has 112 valence electrons. The molecule has 6 heteroatoms. The zero-order valence-corrected chi connectivity index (χ0v) is 12.5. The van der Waals surface area contributed by atoms with Crippen molar-refractivity contribution in [2.24, 2.45) is 0 Å². The number of halogens is 1. The van der Waals surface area contributed by atoms with Crippen molar-refractivity contribution in [3.05, 3.63) is 17.2 Å². The van der Waals surface area contributed by atoms with Crippen LogP contribution in [0.25, 0.3) is 0 Å². The van der Waals surface area contributed by atoms with Crippen LogP contribution in [0.2, 0.25) is 5.02 Å². The van der Waals surface area contributed by atoms with Crippen LogP contribution in [0.15, 0.2) is 12.1 Å². The van der Waals surface area contributed by atoms with E-state index in [9.17, 15) is 4.79 Å². The molecule has 0 aromatic heterocycles. The molecule has 0 atom stereocenters. The lowest BCUT2D eigenvalue weighted by Crippen LogP contribution is -2.04. The van der Waals surface area contributed by atoms with Crippen molar-refractivity contribution in [3.63, 3.8) is 0 Å². The molecule has 0 aliphatic rings. The lowest BCUT2D eigenvalue weighted by atomic mass is 10.2. The van der Waals surface area contributed by atoms with Crippen LogP contribution in [0, 0.1) is 0 Å². The Bertz CT molecular complexity index is 451. The summed E-state index contributed by atoms with van der Waals surface area (Å²) in [6, 6.07) is 3.49. The number of ether oxygens (including phenoxy) is 2. The summed E-state index contributed by atoms with van der Waals surface area (Å²) in [7, 11) is 3.14. The van der Waals surface area contributed by atoms with Crippen LogP contribution in [0.1, 0.15) is 25.7 Å². The highest BCUT2D eigenvalue weighted by Crippen LogP contribution is 2.35. The Morgan fingerprint density at radius 3 is 2.50 bits per heavy atom. The van der Waals surface area contributed by atoms with E-state index in [0.717, 1.165) is 25.1 Å². The van der Waals surface area contributed by atoms with Crippen LogP contribution in [0.4, 0.5) is 5.69 Å². The number of nitrogens with one attached hydrogen (secondary N) is 1. The fourth-order valence-electron chi connectivity index (χ4n) is 1.80. The summed E-state index contributed by atoms with van der Waals surface area (Å²) in [6.07, 6.45) is 2.67. The van der Waals surface area contributed by atoms with Crippen LogP contribution in [-0.2, 0) is 4.79 Å². The Balaban J connectivity index is 2.47. The van der Waals surface area contributed by atoms with Crippen LogP contribution in [-0.4, -0.2) is 31.8 Å². The van der Waals surface area contributed by atoms with Crippen molar-refractivity contribution in [3.8, 4) is 11.5 Å². The summed E-state index contributed by atoms with van der Waals surface area (Å²) in [4.78, 5) is 10.4. The number of anilines is 1. The molecule has 20 heavy (non-hydrogen) atoms. The maximum atomic E-state index is 10.4. The molecule has 1 aromatic carbocycles. The maximum Gasteiger partial charge on any atom is 0.303 e. The van der Waals surface area contributed by atoms with Gasteiger partial charge in [0.1, 0.15) is 11.5 Å². The average Bonchev–Trinajstić information content (AvgIpc) is 2.42. The fourth-order valence-corrected chi connectivity index (χ4v) is 2.04. The third kappa shape index (κ3) is 5.17. The zero-order chi connectivity index (χ0) is 15.0. The molecule has 0 aliphatic carbocycles. The fraction of sp³-hybridized carbons (Fsp3) is 0.500. The van der Waals surface area contributed by atoms with Crippen molar-refractivity contribution < 1.29 is 19.4 Å². The van der Waals surface area contributed by atoms with E-state index in [0.29, 0.717) is 22.9 Å². The highest BCUT2D eigenvalue weighted by molar-refractivity contribution is 6.32. The third-order valence-corrected chi connectivity index (χ3v) is 3.15. The smallest absolute Gasteiger partial charge is 0.303 e. The SMILES string of the molecule is COc1cc(OC)c(NCCCCCC(=O)O)cc1Cl. The molecule has 0 heterocycles. The number of rotatable bonds is 9. The first-order valence-corrected chi connectivity index (χ1v) is 6.83. The van der Waals surface area contributed by atoms with Crippen molar-refractivity contribution in [1.29, 1.82) is 0 Å². The number of unbranched alkanes of at least 4 members (excludes halogenated alkanes) is 2. The van der Waals surface area contributed by atoms with Gasteiger partial charge in [0.05, 0.1) is 24.9 Å². The normalized spacial score (nSPS) is 10.2. The number of methoxy groups -OCH3 is 2. The molecule has 2 N–H and O–H groups in total. The van der Waals surface area contributed by atoms with E-state index in [1.807, 2.05) is 0 Å². The number of aliphatic carboxylic acids is 1. The van der Waals surface area contributed by atoms with Crippen molar-refractivity contribution in [1.82, 2.24) is 0 Å². The molecule has 0 unspecified atom stereocenters. The minimum atomic E-state index is -0.749. The maximum absolute atomic E-state index is 10.4. The summed E-state index contributed by atoms with van der Waals surface area (Å²) in [5.74, 6) is 0.480. The topological polar surface area (TPSA) is 67.8 Å². The van der Waals surface area contributed by atoms with Crippen LogP contribution < -0.4 is 14.8 Å². The van der Waals surface area contributed by atoms with Gasteiger partial charge in [-0.15, -0.1) is 0 Å². The lowest BCUT2D eigenvalue weighted by Gasteiger charge is -2.13. The van der Waals surface area contributed by atoms with Crippen molar-refractivity contribution in [2.45, 2.75) is 25.7 Å². The monoisotopic (exact) mass is 301 g/mol. The largest absolute Gasteiger partial charge is 0.495 e. The van der Waals surface area contributed by atoms with Gasteiger partial charge in [0, 0.05) is 19.0 Å². The lowest BCUT2D eigenvalue weighted by molar-refractivity contribution is -0.137.